The Morgan fingerprint density at radius 1 is 0.960 bits per heavy atom. The highest BCUT2D eigenvalue weighted by atomic mass is 35.5. The fourth-order valence-corrected chi connectivity index (χ4v) is 3.73. The van der Waals surface area contributed by atoms with E-state index in [-0.39, 0.29) is 11.9 Å². The number of alkyl halides is 2. The first-order valence-electron chi connectivity index (χ1n) is 8.67. The third kappa shape index (κ3) is 4.04. The third-order valence-corrected chi connectivity index (χ3v) is 6.15. The average Bonchev–Trinajstić information content (AvgIpc) is 3.20. The molecule has 3 rings (SSSR count). The molecule has 2 fully saturated rings. The van der Waals surface area contributed by atoms with Crippen LogP contribution in [0.3, 0.4) is 0 Å². The van der Waals surface area contributed by atoms with Gasteiger partial charge < -0.3 is 15.5 Å². The summed E-state index contributed by atoms with van der Waals surface area (Å²) in [6, 6.07) is 6.99. The van der Waals surface area contributed by atoms with Crippen molar-refractivity contribution in [2.24, 2.45) is 5.41 Å². The number of benzene rings is 1. The van der Waals surface area contributed by atoms with Gasteiger partial charge in [-0.25, -0.2) is 4.79 Å². The number of nitrogens with one attached hydrogen (secondary N) is 2. The maximum atomic E-state index is 12.3. The Hall–Kier alpha value is -1.46. The summed E-state index contributed by atoms with van der Waals surface area (Å²) in [4.78, 5) is 26.4. The van der Waals surface area contributed by atoms with Crippen LogP contribution in [0.25, 0.3) is 0 Å². The third-order valence-electron chi connectivity index (χ3n) is 5.05. The van der Waals surface area contributed by atoms with E-state index in [4.69, 9.17) is 23.2 Å². The van der Waals surface area contributed by atoms with Crippen LogP contribution in [0.2, 0.25) is 0 Å². The second-order valence-electron chi connectivity index (χ2n) is 7.08. The normalized spacial score (nSPS) is 25.0. The molecule has 1 aliphatic heterocycles. The Kier molecular flexibility index (Phi) is 5.16. The zero-order valence-electron chi connectivity index (χ0n) is 14.3. The van der Waals surface area contributed by atoms with E-state index in [1.54, 1.807) is 31.2 Å². The van der Waals surface area contributed by atoms with Crippen molar-refractivity contribution in [3.05, 3.63) is 24.3 Å². The first-order valence-corrected chi connectivity index (χ1v) is 9.43. The number of nitrogens with zero attached hydrogens (tertiary/aromatic N) is 1. The highest BCUT2D eigenvalue weighted by molar-refractivity contribution is 6.53. The molecular formula is C18H23Cl2N3O2. The number of rotatable bonds is 3. The maximum absolute atomic E-state index is 12.3. The second kappa shape index (κ2) is 7.04. The highest BCUT2D eigenvalue weighted by Gasteiger charge is 2.67. The van der Waals surface area contributed by atoms with Gasteiger partial charge in [-0.05, 0) is 50.5 Å². The van der Waals surface area contributed by atoms with E-state index in [1.807, 2.05) is 4.90 Å². The van der Waals surface area contributed by atoms with Gasteiger partial charge in [0.2, 0.25) is 5.91 Å². The smallest absolute Gasteiger partial charge is 0.321 e. The molecule has 1 aliphatic carbocycles. The van der Waals surface area contributed by atoms with Crippen LogP contribution in [-0.4, -0.2) is 34.3 Å². The minimum absolute atomic E-state index is 0.0711. The van der Waals surface area contributed by atoms with Gasteiger partial charge in [0.15, 0.2) is 0 Å². The molecule has 2 aliphatic rings. The largest absolute Gasteiger partial charge is 0.326 e. The Morgan fingerprint density at radius 2 is 1.44 bits per heavy atom. The lowest BCUT2D eigenvalue weighted by atomic mass is 10.1. The van der Waals surface area contributed by atoms with E-state index in [0.29, 0.717) is 17.8 Å². The van der Waals surface area contributed by atoms with Gasteiger partial charge >= 0.3 is 6.03 Å². The van der Waals surface area contributed by atoms with E-state index in [0.717, 1.165) is 25.9 Å². The summed E-state index contributed by atoms with van der Waals surface area (Å²) >= 11 is 12.1. The SMILES string of the molecule is CC1(C(=O)Nc2ccc(NC(=O)N3CCCCCC3)cc2)CC1(Cl)Cl. The number of hydrogen-bond acceptors (Lipinski definition) is 2. The van der Waals surface area contributed by atoms with Crippen molar-refractivity contribution in [3.8, 4) is 0 Å². The zero-order valence-corrected chi connectivity index (χ0v) is 15.8. The van der Waals surface area contributed by atoms with E-state index < -0.39 is 9.75 Å². The van der Waals surface area contributed by atoms with Crippen LogP contribution in [0.15, 0.2) is 24.3 Å². The van der Waals surface area contributed by atoms with Crippen LogP contribution < -0.4 is 10.6 Å². The lowest BCUT2D eigenvalue weighted by Gasteiger charge is -2.21. The number of anilines is 2. The topological polar surface area (TPSA) is 61.4 Å². The summed E-state index contributed by atoms with van der Waals surface area (Å²) in [5, 5.41) is 5.73. The van der Waals surface area contributed by atoms with Gasteiger partial charge in [0, 0.05) is 24.5 Å². The number of carbonyl (C=O) groups excluding carboxylic acids is 2. The van der Waals surface area contributed by atoms with Crippen molar-refractivity contribution in [1.29, 1.82) is 0 Å². The van der Waals surface area contributed by atoms with Crippen molar-refractivity contribution < 1.29 is 9.59 Å². The summed E-state index contributed by atoms with van der Waals surface area (Å²) in [7, 11) is 0. The molecule has 3 amide bonds. The molecular weight excluding hydrogens is 361 g/mol. The number of hydrogen-bond donors (Lipinski definition) is 2. The molecule has 1 unspecified atom stereocenters. The monoisotopic (exact) mass is 383 g/mol. The van der Waals surface area contributed by atoms with Gasteiger partial charge in [-0.2, -0.15) is 0 Å². The molecule has 1 atom stereocenters. The zero-order chi connectivity index (χ0) is 18.1. The molecule has 1 saturated heterocycles. The average molecular weight is 384 g/mol. The van der Waals surface area contributed by atoms with Gasteiger partial charge in [0.25, 0.3) is 0 Å². The quantitative estimate of drug-likeness (QED) is 0.748. The summed E-state index contributed by atoms with van der Waals surface area (Å²) in [5.74, 6) is -0.196. The predicted molar refractivity (Wildman–Crippen MR) is 101 cm³/mol. The molecule has 0 bridgehead atoms. The Labute approximate surface area is 158 Å². The van der Waals surface area contributed by atoms with E-state index >= 15 is 0 Å². The molecule has 1 heterocycles. The maximum Gasteiger partial charge on any atom is 0.321 e. The molecule has 7 heteroatoms. The van der Waals surface area contributed by atoms with Crippen LogP contribution in [0.4, 0.5) is 16.2 Å². The molecule has 1 aromatic carbocycles. The lowest BCUT2D eigenvalue weighted by molar-refractivity contribution is -0.120. The standard InChI is InChI=1S/C18H23Cl2N3O2/c1-17(12-18(17,19)20)15(24)21-13-6-8-14(9-7-13)22-16(25)23-10-4-2-3-5-11-23/h6-9H,2-5,10-12H2,1H3,(H,21,24)(H,22,25). The summed E-state index contributed by atoms with van der Waals surface area (Å²) in [6.45, 7) is 3.35. The lowest BCUT2D eigenvalue weighted by Crippen LogP contribution is -2.35. The second-order valence-corrected chi connectivity index (χ2v) is 8.56. The first-order chi connectivity index (χ1) is 11.8. The number of likely N-dealkylation sites (tertiary alicyclic amines) is 1. The Morgan fingerprint density at radius 3 is 1.92 bits per heavy atom. The van der Waals surface area contributed by atoms with Crippen LogP contribution in [0, 0.1) is 5.41 Å². The fraction of sp³-hybridized carbons (Fsp3) is 0.556. The van der Waals surface area contributed by atoms with Gasteiger partial charge in [0.05, 0.1) is 5.41 Å². The molecule has 136 valence electrons. The summed E-state index contributed by atoms with van der Waals surface area (Å²) in [5.41, 5.74) is 0.597. The van der Waals surface area contributed by atoms with E-state index in [1.165, 1.54) is 12.8 Å². The first kappa shape index (κ1) is 18.3. The minimum Gasteiger partial charge on any atom is -0.326 e. The molecule has 1 aromatic rings. The van der Waals surface area contributed by atoms with Crippen molar-refractivity contribution in [2.75, 3.05) is 23.7 Å². The molecule has 1 saturated carbocycles. The highest BCUT2D eigenvalue weighted by Crippen LogP contribution is 2.64. The Balaban J connectivity index is 1.55. The minimum atomic E-state index is -0.988. The fourth-order valence-electron chi connectivity index (χ4n) is 3.03. The van der Waals surface area contributed by atoms with E-state index in [9.17, 15) is 9.59 Å². The molecule has 5 nitrogen and oxygen atoms in total. The molecule has 0 aromatic heterocycles. The van der Waals surface area contributed by atoms with Crippen molar-refractivity contribution >= 4 is 46.5 Å². The van der Waals surface area contributed by atoms with Crippen molar-refractivity contribution in [2.45, 2.75) is 43.4 Å². The number of urea groups is 1. The molecule has 0 radical (unpaired) electrons. The van der Waals surface area contributed by atoms with Crippen LogP contribution in [0.5, 0.6) is 0 Å². The van der Waals surface area contributed by atoms with Crippen LogP contribution in [-0.2, 0) is 4.79 Å². The molecule has 0 spiro atoms. The number of amides is 3. The van der Waals surface area contributed by atoms with Crippen molar-refractivity contribution in [3.63, 3.8) is 0 Å². The van der Waals surface area contributed by atoms with Crippen LogP contribution in [0.1, 0.15) is 39.0 Å². The van der Waals surface area contributed by atoms with Crippen molar-refractivity contribution in [1.82, 2.24) is 4.90 Å². The van der Waals surface area contributed by atoms with Gasteiger partial charge in [-0.1, -0.05) is 12.8 Å². The van der Waals surface area contributed by atoms with Gasteiger partial charge in [0.1, 0.15) is 4.33 Å². The Bertz CT molecular complexity index is 655. The summed E-state index contributed by atoms with van der Waals surface area (Å²) < 4.78 is -0.988. The molecule has 2 N–H and O–H groups in total. The number of halogens is 2. The number of carbonyl (C=O) groups is 2. The predicted octanol–water partition coefficient (Wildman–Crippen LogP) is 4.62. The molecule has 25 heavy (non-hydrogen) atoms. The van der Waals surface area contributed by atoms with Crippen LogP contribution >= 0.6 is 23.2 Å². The van der Waals surface area contributed by atoms with Gasteiger partial charge in [-0.15, -0.1) is 23.2 Å². The van der Waals surface area contributed by atoms with Gasteiger partial charge in [-0.3, -0.25) is 4.79 Å². The summed E-state index contributed by atoms with van der Waals surface area (Å²) in [6.07, 6.45) is 4.92. The van der Waals surface area contributed by atoms with E-state index in [2.05, 4.69) is 10.6 Å².